The number of aliphatic hydroxyl groups is 2. The molecule has 0 unspecified atom stereocenters. The smallest absolute Gasteiger partial charge is 0.128 e. The van der Waals surface area contributed by atoms with Gasteiger partial charge in [-0.2, -0.15) is 0 Å². The summed E-state index contributed by atoms with van der Waals surface area (Å²) in [5.74, 6) is 2.03. The first-order valence-corrected chi connectivity index (χ1v) is 19.9. The molecule has 5 atom stereocenters. The third-order valence-electron chi connectivity index (χ3n) is 11.9. The molecule has 0 amide bonds. The topological polar surface area (TPSA) is 139 Å². The Kier molecular flexibility index (Phi) is 11.1. The van der Waals surface area contributed by atoms with Crippen LogP contribution in [-0.2, 0) is 24.1 Å². The minimum Gasteiger partial charge on any atom is -0.508 e. The molecular weight excluding hydrogens is 698 g/mol. The van der Waals surface area contributed by atoms with Gasteiger partial charge in [-0.3, -0.25) is 0 Å². The van der Waals surface area contributed by atoms with E-state index < -0.39 is 30.1 Å². The number of phenolic OH excluding ortho intramolecular Hbond substituents is 2. The highest BCUT2D eigenvalue weighted by Gasteiger charge is 2.49. The molecule has 4 aromatic rings. The van der Waals surface area contributed by atoms with Crippen molar-refractivity contribution in [1.29, 1.82) is 0 Å². The molecule has 55 heavy (non-hydrogen) atoms. The summed E-state index contributed by atoms with van der Waals surface area (Å²) in [6, 6.07) is 18.2. The third-order valence-corrected chi connectivity index (χ3v) is 11.9. The Morgan fingerprint density at radius 2 is 1.69 bits per heavy atom. The van der Waals surface area contributed by atoms with E-state index in [1.165, 1.54) is 0 Å². The van der Waals surface area contributed by atoms with Crippen LogP contribution in [0.3, 0.4) is 0 Å². The van der Waals surface area contributed by atoms with Crippen LogP contribution in [0.25, 0.3) is 11.1 Å². The second-order valence-electron chi connectivity index (χ2n) is 15.6. The summed E-state index contributed by atoms with van der Waals surface area (Å²) in [6.07, 6.45) is 5.30. The van der Waals surface area contributed by atoms with Crippen molar-refractivity contribution in [2.75, 3.05) is 34.0 Å². The standard InChI is InChI=1S/C45H53NO9/c1-46-24-29-22-39-40(35-12-6-17-52-45(29)35)43(50)41(38(55-39)13-7-16-51-2)37-25-53-44-28(21-33(23-36(44)42(37)49)54-32-10-3-4-11-32)18-27-20-31(48)14-15-34(27)26-8-5-9-30(47)19-26/h5,8-9,14-15,19-23,32,37-38,41-43,46-50H,3-4,6-7,10-13,16-18,24-25H2,1-2H3/t37-,38-,41-,42-,43+/m1/s1. The van der Waals surface area contributed by atoms with Crippen LogP contribution in [0.4, 0.5) is 0 Å². The van der Waals surface area contributed by atoms with E-state index >= 15 is 0 Å². The summed E-state index contributed by atoms with van der Waals surface area (Å²) >= 11 is 0. The summed E-state index contributed by atoms with van der Waals surface area (Å²) in [5, 5.41) is 49.2. The Morgan fingerprint density at radius 3 is 2.49 bits per heavy atom. The monoisotopic (exact) mass is 751 g/mol. The van der Waals surface area contributed by atoms with Crippen LogP contribution in [0.2, 0.25) is 0 Å². The van der Waals surface area contributed by atoms with Gasteiger partial charge in [-0.25, -0.2) is 0 Å². The second-order valence-corrected chi connectivity index (χ2v) is 15.6. The van der Waals surface area contributed by atoms with E-state index in [0.29, 0.717) is 55.4 Å². The van der Waals surface area contributed by atoms with Gasteiger partial charge >= 0.3 is 0 Å². The fourth-order valence-electron chi connectivity index (χ4n) is 9.38. The number of rotatable bonds is 12. The lowest BCUT2D eigenvalue weighted by Crippen LogP contribution is -2.46. The van der Waals surface area contributed by atoms with Crippen LogP contribution < -0.4 is 24.3 Å². The van der Waals surface area contributed by atoms with Gasteiger partial charge in [-0.15, -0.1) is 0 Å². The van der Waals surface area contributed by atoms with Crippen molar-refractivity contribution in [3.8, 4) is 45.6 Å². The minimum absolute atomic E-state index is 0.0865. The van der Waals surface area contributed by atoms with Gasteiger partial charge in [0.1, 0.15) is 40.6 Å². The fourth-order valence-corrected chi connectivity index (χ4v) is 9.38. The van der Waals surface area contributed by atoms with Crippen molar-refractivity contribution < 1.29 is 44.1 Å². The average molecular weight is 752 g/mol. The molecule has 0 spiro atoms. The van der Waals surface area contributed by atoms with E-state index in [-0.39, 0.29) is 24.2 Å². The zero-order chi connectivity index (χ0) is 38.1. The maximum Gasteiger partial charge on any atom is 0.128 e. The van der Waals surface area contributed by atoms with Crippen molar-refractivity contribution in [2.45, 2.75) is 88.7 Å². The zero-order valence-electron chi connectivity index (χ0n) is 31.8. The van der Waals surface area contributed by atoms with Crippen LogP contribution in [0.15, 0.2) is 60.7 Å². The maximum atomic E-state index is 12.5. The van der Waals surface area contributed by atoms with Gasteiger partial charge in [0.25, 0.3) is 0 Å². The molecule has 5 N–H and O–H groups in total. The third kappa shape index (κ3) is 7.57. The van der Waals surface area contributed by atoms with Gasteiger partial charge < -0.3 is 49.4 Å². The zero-order valence-corrected chi connectivity index (χ0v) is 31.8. The highest BCUT2D eigenvalue weighted by atomic mass is 16.5. The molecule has 10 heteroatoms. The highest BCUT2D eigenvalue weighted by molar-refractivity contribution is 5.71. The maximum absolute atomic E-state index is 12.5. The first-order chi connectivity index (χ1) is 26.8. The molecule has 8 rings (SSSR count). The van der Waals surface area contributed by atoms with E-state index in [2.05, 4.69) is 5.32 Å². The lowest BCUT2D eigenvalue weighted by atomic mass is 9.71. The van der Waals surface area contributed by atoms with Crippen LogP contribution >= 0.6 is 0 Å². The Labute approximate surface area is 323 Å². The summed E-state index contributed by atoms with van der Waals surface area (Å²) < 4.78 is 31.8. The number of benzene rings is 4. The fraction of sp³-hybridized carbons (Fsp3) is 0.467. The van der Waals surface area contributed by atoms with E-state index in [1.54, 1.807) is 37.4 Å². The molecule has 3 aliphatic heterocycles. The number of ether oxygens (including phenoxy) is 5. The van der Waals surface area contributed by atoms with Crippen molar-refractivity contribution in [1.82, 2.24) is 5.32 Å². The lowest BCUT2D eigenvalue weighted by molar-refractivity contribution is -0.0894. The molecule has 4 aromatic carbocycles. The molecule has 10 nitrogen and oxygen atoms in total. The van der Waals surface area contributed by atoms with E-state index in [4.69, 9.17) is 23.7 Å². The normalized spacial score (nSPS) is 23.2. The predicted molar refractivity (Wildman–Crippen MR) is 208 cm³/mol. The lowest BCUT2D eigenvalue weighted by Gasteiger charge is -2.46. The van der Waals surface area contributed by atoms with Crippen LogP contribution in [0.1, 0.15) is 90.5 Å². The van der Waals surface area contributed by atoms with Crippen molar-refractivity contribution in [2.24, 2.45) is 11.8 Å². The van der Waals surface area contributed by atoms with Gasteiger partial charge in [-0.1, -0.05) is 18.2 Å². The van der Waals surface area contributed by atoms with E-state index in [1.807, 2.05) is 37.4 Å². The number of phenols is 2. The van der Waals surface area contributed by atoms with Gasteiger partial charge in [0.15, 0.2) is 0 Å². The Morgan fingerprint density at radius 1 is 0.855 bits per heavy atom. The quantitative estimate of drug-likeness (QED) is 0.0938. The number of aromatic hydroxyl groups is 2. The molecule has 0 radical (unpaired) electrons. The molecule has 0 bridgehead atoms. The van der Waals surface area contributed by atoms with Crippen LogP contribution in [0.5, 0.6) is 34.5 Å². The molecule has 292 valence electrons. The number of nitrogens with one attached hydrogen (secondary N) is 1. The van der Waals surface area contributed by atoms with Crippen LogP contribution in [-0.4, -0.2) is 66.6 Å². The van der Waals surface area contributed by atoms with Crippen LogP contribution in [0, 0.1) is 11.8 Å². The molecule has 4 aliphatic rings. The predicted octanol–water partition coefficient (Wildman–Crippen LogP) is 7.30. The van der Waals surface area contributed by atoms with Crippen molar-refractivity contribution in [3.05, 3.63) is 94.0 Å². The summed E-state index contributed by atoms with van der Waals surface area (Å²) in [6.45, 7) is 1.96. The van der Waals surface area contributed by atoms with Crippen molar-refractivity contribution >= 4 is 0 Å². The highest BCUT2D eigenvalue weighted by Crippen LogP contribution is 2.54. The Bertz CT molecular complexity index is 1990. The largest absolute Gasteiger partial charge is 0.508 e. The number of methoxy groups -OCH3 is 1. The summed E-state index contributed by atoms with van der Waals surface area (Å²) in [5.41, 5.74) is 6.70. The molecule has 1 aliphatic carbocycles. The van der Waals surface area contributed by atoms with E-state index in [0.717, 1.165) is 89.6 Å². The second kappa shape index (κ2) is 16.3. The number of fused-ring (bicyclic) bond motifs is 4. The van der Waals surface area contributed by atoms with Gasteiger partial charge in [0.2, 0.25) is 0 Å². The molecular formula is C45H53NO9. The Balaban J connectivity index is 1.19. The first-order valence-electron chi connectivity index (χ1n) is 19.9. The average Bonchev–Trinajstić information content (AvgIpc) is 3.69. The molecule has 1 saturated carbocycles. The molecule has 0 saturated heterocycles. The number of aliphatic hydroxyl groups excluding tert-OH is 2. The first kappa shape index (κ1) is 37.4. The summed E-state index contributed by atoms with van der Waals surface area (Å²) in [4.78, 5) is 0. The number of hydrogen-bond donors (Lipinski definition) is 5. The van der Waals surface area contributed by atoms with Gasteiger partial charge in [-0.05, 0) is 118 Å². The van der Waals surface area contributed by atoms with Gasteiger partial charge in [0, 0.05) is 66.3 Å². The molecule has 0 aromatic heterocycles. The van der Waals surface area contributed by atoms with Crippen molar-refractivity contribution in [3.63, 3.8) is 0 Å². The minimum atomic E-state index is -0.991. The molecule has 1 fully saturated rings. The molecule has 3 heterocycles. The number of hydrogen-bond acceptors (Lipinski definition) is 10. The SMILES string of the molecule is CNCc1cc2c(c3c1OCCC3)[C@H](O)[C@H]([C@H]1COc3c(Cc4cc(O)ccc4-c4cccc(O)c4)cc(OC4CCCC4)cc3[C@H]1O)[C@@H](CCCOC)O2. The van der Waals surface area contributed by atoms with Gasteiger partial charge in [0.05, 0.1) is 31.5 Å². The summed E-state index contributed by atoms with van der Waals surface area (Å²) in [7, 11) is 3.59. The Hall–Kier alpha value is -4.48. The van der Waals surface area contributed by atoms with E-state index in [9.17, 15) is 20.4 Å².